The van der Waals surface area contributed by atoms with Crippen LogP contribution < -0.4 is 0 Å². The molecule has 0 saturated heterocycles. The Labute approximate surface area is 163 Å². The van der Waals surface area contributed by atoms with Crippen molar-refractivity contribution in [1.29, 1.82) is 0 Å². The molecule has 0 radical (unpaired) electrons. The summed E-state index contributed by atoms with van der Waals surface area (Å²) >= 11 is 0. The third kappa shape index (κ3) is 5.72. The summed E-state index contributed by atoms with van der Waals surface area (Å²) in [6.45, 7) is 0. The van der Waals surface area contributed by atoms with Crippen molar-refractivity contribution >= 4 is 17.5 Å². The molecule has 3 aromatic rings. The van der Waals surface area contributed by atoms with Crippen molar-refractivity contribution in [2.45, 2.75) is 6.10 Å². The number of ether oxygens (including phenoxy) is 1. The number of esters is 1. The van der Waals surface area contributed by atoms with Crippen LogP contribution >= 0.6 is 0 Å². The van der Waals surface area contributed by atoms with E-state index in [1.807, 2.05) is 12.1 Å². The van der Waals surface area contributed by atoms with Crippen LogP contribution in [0.2, 0.25) is 0 Å². The van der Waals surface area contributed by atoms with Gasteiger partial charge < -0.3 is 9.84 Å². The van der Waals surface area contributed by atoms with Crippen molar-refractivity contribution in [2.24, 2.45) is 0 Å². The second-order valence-electron chi connectivity index (χ2n) is 5.73. The monoisotopic (exact) mass is 376 g/mol. The fourth-order valence-electron chi connectivity index (χ4n) is 2.35. The highest BCUT2D eigenvalue weighted by molar-refractivity contribution is 6.40. The van der Waals surface area contributed by atoms with Crippen LogP contribution in [-0.4, -0.2) is 29.8 Å². The molecule has 1 atom stereocenters. The quantitative estimate of drug-likeness (QED) is 0.418. The molecule has 3 rings (SSSR count). The molecule has 5 heteroatoms. The molecule has 0 spiro atoms. The molecule has 1 N–H and O–H groups in total. The third-order valence-corrected chi connectivity index (χ3v) is 3.83. The van der Waals surface area contributed by atoms with Gasteiger partial charge in [0.05, 0.1) is 7.11 Å². The summed E-state index contributed by atoms with van der Waals surface area (Å²) in [6, 6.07) is 26.0. The van der Waals surface area contributed by atoms with E-state index in [9.17, 15) is 19.5 Å². The van der Waals surface area contributed by atoms with Crippen molar-refractivity contribution in [2.75, 3.05) is 7.11 Å². The first-order chi connectivity index (χ1) is 13.5. The number of Topliss-reactive ketones (excluding diaryl/α,β-unsaturated/α-hetero) is 2. The summed E-state index contributed by atoms with van der Waals surface area (Å²) in [4.78, 5) is 33.7. The largest absolute Gasteiger partial charge is 0.463 e. The van der Waals surface area contributed by atoms with Gasteiger partial charge in [-0.15, -0.1) is 0 Å². The molecule has 0 aromatic heterocycles. The number of hydrogen-bond acceptors (Lipinski definition) is 5. The van der Waals surface area contributed by atoms with E-state index in [1.54, 1.807) is 78.9 Å². The number of aliphatic hydroxyl groups is 1. The fourth-order valence-corrected chi connectivity index (χ4v) is 2.35. The number of methoxy groups -OCH3 is 1. The molecular weight excluding hydrogens is 356 g/mol. The van der Waals surface area contributed by atoms with Gasteiger partial charge in [-0.05, 0) is 5.56 Å². The normalized spacial score (nSPS) is 10.8. The lowest BCUT2D eigenvalue weighted by Gasteiger charge is -2.09. The first kappa shape index (κ1) is 20.7. The van der Waals surface area contributed by atoms with Crippen LogP contribution in [-0.2, 0) is 9.53 Å². The zero-order chi connectivity index (χ0) is 20.4. The lowest BCUT2D eigenvalue weighted by Crippen LogP contribution is -2.15. The SMILES string of the molecule is COC(=O)C(=O)c1ccccc1.O=C(c1ccccc1)C(O)c1ccccc1. The lowest BCUT2D eigenvalue weighted by molar-refractivity contribution is -0.135. The van der Waals surface area contributed by atoms with Gasteiger partial charge in [-0.3, -0.25) is 9.59 Å². The number of hydrogen-bond donors (Lipinski definition) is 1. The summed E-state index contributed by atoms with van der Waals surface area (Å²) in [5.74, 6) is -1.72. The molecule has 28 heavy (non-hydrogen) atoms. The predicted molar refractivity (Wildman–Crippen MR) is 105 cm³/mol. The van der Waals surface area contributed by atoms with E-state index in [-0.39, 0.29) is 5.78 Å². The molecule has 0 saturated carbocycles. The van der Waals surface area contributed by atoms with Gasteiger partial charge in [-0.2, -0.15) is 0 Å². The Morgan fingerprint density at radius 1 is 0.714 bits per heavy atom. The smallest absolute Gasteiger partial charge is 0.379 e. The first-order valence-corrected chi connectivity index (χ1v) is 8.54. The molecule has 0 amide bonds. The summed E-state index contributed by atoms with van der Waals surface area (Å²) in [6.07, 6.45) is -1.08. The van der Waals surface area contributed by atoms with Gasteiger partial charge in [0.2, 0.25) is 0 Å². The second-order valence-corrected chi connectivity index (χ2v) is 5.73. The minimum Gasteiger partial charge on any atom is -0.463 e. The molecule has 5 nitrogen and oxygen atoms in total. The van der Waals surface area contributed by atoms with Gasteiger partial charge in [0, 0.05) is 11.1 Å². The van der Waals surface area contributed by atoms with Crippen molar-refractivity contribution in [3.8, 4) is 0 Å². The Bertz CT molecular complexity index is 905. The van der Waals surface area contributed by atoms with Gasteiger partial charge in [0.25, 0.3) is 5.78 Å². The first-order valence-electron chi connectivity index (χ1n) is 8.54. The Balaban J connectivity index is 0.000000209. The maximum Gasteiger partial charge on any atom is 0.379 e. The van der Waals surface area contributed by atoms with Gasteiger partial charge >= 0.3 is 5.97 Å². The number of carbonyl (C=O) groups is 3. The minimum absolute atomic E-state index is 0.271. The molecule has 0 fully saturated rings. The molecule has 0 bridgehead atoms. The summed E-state index contributed by atoms with van der Waals surface area (Å²) in [5, 5.41) is 9.89. The average Bonchev–Trinajstić information content (AvgIpc) is 2.79. The molecule has 1 unspecified atom stereocenters. The number of carbonyl (C=O) groups excluding carboxylic acids is 3. The number of ketones is 2. The predicted octanol–water partition coefficient (Wildman–Crippen LogP) is 3.65. The summed E-state index contributed by atoms with van der Waals surface area (Å²) in [7, 11) is 1.18. The molecule has 0 heterocycles. The topological polar surface area (TPSA) is 80.7 Å². The van der Waals surface area contributed by atoms with Gasteiger partial charge in [-0.25, -0.2) is 4.79 Å². The van der Waals surface area contributed by atoms with E-state index in [1.165, 1.54) is 7.11 Å². The van der Waals surface area contributed by atoms with Crippen LogP contribution in [0.25, 0.3) is 0 Å². The van der Waals surface area contributed by atoms with E-state index in [0.717, 1.165) is 0 Å². The van der Waals surface area contributed by atoms with Crippen LogP contribution in [0.15, 0.2) is 91.0 Å². The van der Waals surface area contributed by atoms with Crippen molar-refractivity contribution in [1.82, 2.24) is 0 Å². The molecular formula is C23H20O5. The van der Waals surface area contributed by atoms with E-state index in [2.05, 4.69) is 4.74 Å². The number of aliphatic hydroxyl groups excluding tert-OH is 1. The number of benzene rings is 3. The van der Waals surface area contributed by atoms with Gasteiger partial charge in [0.1, 0.15) is 6.10 Å². The standard InChI is InChI=1S/C14H12O2.C9H8O3/c15-13(11-7-3-1-4-8-11)14(16)12-9-5-2-6-10-12;1-12-9(11)8(10)7-5-3-2-4-6-7/h1-10,13,15H;2-6H,1H3. The van der Waals surface area contributed by atoms with Gasteiger partial charge in [0.15, 0.2) is 5.78 Å². The van der Waals surface area contributed by atoms with E-state index in [4.69, 9.17) is 0 Å². The number of rotatable bonds is 5. The van der Waals surface area contributed by atoms with Crippen LogP contribution in [0.3, 0.4) is 0 Å². The van der Waals surface area contributed by atoms with Crippen LogP contribution in [0.1, 0.15) is 32.4 Å². The minimum atomic E-state index is -1.08. The Morgan fingerprint density at radius 3 is 1.61 bits per heavy atom. The Hall–Kier alpha value is -3.57. The maximum atomic E-state index is 11.9. The van der Waals surface area contributed by atoms with E-state index in [0.29, 0.717) is 16.7 Å². The zero-order valence-electron chi connectivity index (χ0n) is 15.3. The van der Waals surface area contributed by atoms with Crippen LogP contribution in [0.5, 0.6) is 0 Å². The zero-order valence-corrected chi connectivity index (χ0v) is 15.3. The third-order valence-electron chi connectivity index (χ3n) is 3.83. The van der Waals surface area contributed by atoms with Crippen molar-refractivity contribution in [3.05, 3.63) is 108 Å². The summed E-state index contributed by atoms with van der Waals surface area (Å²) < 4.78 is 4.28. The molecule has 0 aliphatic carbocycles. The maximum absolute atomic E-state index is 11.9. The Kier molecular flexibility index (Phi) is 7.81. The lowest BCUT2D eigenvalue weighted by atomic mass is 10.0. The van der Waals surface area contributed by atoms with Crippen molar-refractivity contribution in [3.63, 3.8) is 0 Å². The molecule has 0 aliphatic heterocycles. The van der Waals surface area contributed by atoms with Crippen LogP contribution in [0, 0.1) is 0 Å². The highest BCUT2D eigenvalue weighted by atomic mass is 16.5. The highest BCUT2D eigenvalue weighted by Crippen LogP contribution is 2.17. The average molecular weight is 376 g/mol. The van der Waals surface area contributed by atoms with Crippen molar-refractivity contribution < 1.29 is 24.2 Å². The second kappa shape index (κ2) is 10.5. The van der Waals surface area contributed by atoms with E-state index >= 15 is 0 Å². The highest BCUT2D eigenvalue weighted by Gasteiger charge is 2.18. The van der Waals surface area contributed by atoms with Crippen LogP contribution in [0.4, 0.5) is 0 Å². The van der Waals surface area contributed by atoms with Gasteiger partial charge in [-0.1, -0.05) is 91.0 Å². The fraction of sp³-hybridized carbons (Fsp3) is 0.0870. The summed E-state index contributed by atoms with van der Waals surface area (Å²) in [5.41, 5.74) is 1.50. The van der Waals surface area contributed by atoms with E-state index < -0.39 is 17.9 Å². The Morgan fingerprint density at radius 2 is 1.14 bits per heavy atom. The molecule has 142 valence electrons. The molecule has 3 aromatic carbocycles. The molecule has 0 aliphatic rings.